The van der Waals surface area contributed by atoms with E-state index in [0.717, 1.165) is 187 Å². The smallest absolute Gasteiger partial charge is 0.137 e. The Labute approximate surface area is 525 Å². The van der Waals surface area contributed by atoms with Gasteiger partial charge in [-0.05, 0) is 113 Å². The first kappa shape index (κ1) is 50.4. The van der Waals surface area contributed by atoms with Crippen molar-refractivity contribution in [3.05, 3.63) is 303 Å². The summed E-state index contributed by atoms with van der Waals surface area (Å²) in [5, 5.41) is 25.9. The summed E-state index contributed by atoms with van der Waals surface area (Å²) in [6, 6.07) is 110. The van der Waals surface area contributed by atoms with Crippen molar-refractivity contribution in [1.29, 1.82) is 5.26 Å². The van der Waals surface area contributed by atoms with Crippen molar-refractivity contribution in [3.8, 4) is 62.2 Å². The molecule has 6 aromatic heterocycles. The van der Waals surface area contributed by atoms with E-state index in [4.69, 9.17) is 8.83 Å². The lowest BCUT2D eigenvalue weighted by Gasteiger charge is -2.29. The van der Waals surface area contributed by atoms with E-state index in [1.807, 2.05) is 12.1 Å². The zero-order valence-electron chi connectivity index (χ0n) is 49.3. The fourth-order valence-electron chi connectivity index (χ4n) is 15.6. The third kappa shape index (κ3) is 6.92. The van der Waals surface area contributed by atoms with Gasteiger partial charge >= 0.3 is 0 Å². The molecule has 20 rings (SSSR count). The van der Waals surface area contributed by atoms with Crippen molar-refractivity contribution in [1.82, 2.24) is 18.3 Å². The second kappa shape index (κ2) is 19.2. The number of hydrogen-bond acceptors (Lipinski definition) is 3. The van der Waals surface area contributed by atoms with Gasteiger partial charge in [-0.2, -0.15) is 5.26 Å². The van der Waals surface area contributed by atoms with Crippen molar-refractivity contribution >= 4 is 131 Å². The van der Waals surface area contributed by atoms with E-state index in [0.29, 0.717) is 5.56 Å². The van der Waals surface area contributed by atoms with E-state index in [2.05, 4.69) is 309 Å². The average Bonchev–Trinajstić information content (AvgIpc) is 1.38. The number of hydrogen-bond donors (Lipinski definition) is 0. The van der Waals surface area contributed by atoms with Gasteiger partial charge in [0.2, 0.25) is 0 Å². The zero-order chi connectivity index (χ0) is 60.3. The summed E-state index contributed by atoms with van der Waals surface area (Å²) in [6.45, 7) is 0. The molecule has 7 nitrogen and oxygen atoms in total. The number of nitrogens with zero attached hydrogens (tertiary/aromatic N) is 5. The molecule has 0 spiro atoms. The SMILES string of the molecule is N#Cc1c(-n2c3ccccc3c3ccccc32)c(-n2c3ccc(-c4ccccc4)cc3c3ccc4oc5ccccc5c4c32)c(-c2ccccc2)c(-n2c3ccc(-c4ccccc4)cc3c3ccc4oc5ccccc5c4c32)c1-n1c2ccccc2c2ccccc21. The Balaban J connectivity index is 1.12. The van der Waals surface area contributed by atoms with Crippen LogP contribution in [-0.2, 0) is 0 Å². The molecule has 7 heteroatoms. The first-order valence-corrected chi connectivity index (χ1v) is 31.2. The molecule has 0 saturated carbocycles. The number of rotatable bonds is 7. The fraction of sp³-hybridized carbons (Fsp3) is 0. The zero-order valence-corrected chi connectivity index (χ0v) is 49.3. The van der Waals surface area contributed by atoms with Gasteiger partial charge in [0.15, 0.2) is 0 Å². The third-order valence-corrected chi connectivity index (χ3v) is 19.4. The van der Waals surface area contributed by atoms with Gasteiger partial charge < -0.3 is 27.1 Å². The first-order chi connectivity index (χ1) is 45.7. The van der Waals surface area contributed by atoms with Gasteiger partial charge in [-0.3, -0.25) is 0 Å². The Morgan fingerprint density at radius 2 is 0.576 bits per heavy atom. The van der Waals surface area contributed by atoms with Gasteiger partial charge in [-0.25, -0.2) is 0 Å². The highest BCUT2D eigenvalue weighted by Crippen LogP contribution is 2.54. The van der Waals surface area contributed by atoms with Gasteiger partial charge in [0, 0.05) is 59.4 Å². The van der Waals surface area contributed by atoms with Crippen LogP contribution in [0.4, 0.5) is 0 Å². The summed E-state index contributed by atoms with van der Waals surface area (Å²) in [5.41, 5.74) is 20.7. The molecule has 0 aliphatic heterocycles. The Morgan fingerprint density at radius 1 is 0.239 bits per heavy atom. The van der Waals surface area contributed by atoms with Crippen LogP contribution in [0.15, 0.2) is 306 Å². The van der Waals surface area contributed by atoms with Gasteiger partial charge in [0.1, 0.15) is 34.0 Å². The molecular formula is C85H49N5O2. The molecule has 426 valence electrons. The minimum Gasteiger partial charge on any atom is -0.456 e. The summed E-state index contributed by atoms with van der Waals surface area (Å²) >= 11 is 0. The number of para-hydroxylation sites is 6. The van der Waals surface area contributed by atoms with Crippen LogP contribution in [0, 0.1) is 11.3 Å². The normalized spacial score (nSPS) is 12.1. The quantitative estimate of drug-likeness (QED) is 0.160. The molecule has 20 aromatic rings. The van der Waals surface area contributed by atoms with Crippen molar-refractivity contribution in [3.63, 3.8) is 0 Å². The molecule has 0 radical (unpaired) electrons. The molecule has 0 amide bonds. The minimum absolute atomic E-state index is 0.480. The Hall–Kier alpha value is -12.6. The second-order valence-corrected chi connectivity index (χ2v) is 24.1. The molecule has 14 aromatic carbocycles. The molecular weight excluding hydrogens is 1120 g/mol. The Kier molecular flexibility index (Phi) is 10.5. The van der Waals surface area contributed by atoms with E-state index < -0.39 is 0 Å². The molecule has 0 bridgehead atoms. The van der Waals surface area contributed by atoms with Crippen LogP contribution >= 0.6 is 0 Å². The number of benzene rings is 14. The minimum atomic E-state index is 0.480. The molecule has 6 heterocycles. The predicted octanol–water partition coefficient (Wildman–Crippen LogP) is 22.7. The van der Waals surface area contributed by atoms with Crippen LogP contribution in [-0.4, -0.2) is 18.3 Å². The summed E-state index contributed by atoms with van der Waals surface area (Å²) in [5.74, 6) is 0. The lowest BCUT2D eigenvalue weighted by atomic mass is 9.93. The van der Waals surface area contributed by atoms with E-state index in [9.17, 15) is 5.26 Å². The number of furan rings is 2. The molecule has 0 saturated heterocycles. The highest BCUT2D eigenvalue weighted by atomic mass is 16.3. The van der Waals surface area contributed by atoms with E-state index >= 15 is 0 Å². The van der Waals surface area contributed by atoms with Crippen LogP contribution in [0.3, 0.4) is 0 Å². The highest BCUT2D eigenvalue weighted by molar-refractivity contribution is 6.28. The van der Waals surface area contributed by atoms with Crippen LogP contribution in [0.25, 0.3) is 187 Å². The van der Waals surface area contributed by atoms with Gasteiger partial charge in [0.25, 0.3) is 0 Å². The van der Waals surface area contributed by atoms with E-state index in [1.165, 1.54) is 0 Å². The first-order valence-electron chi connectivity index (χ1n) is 31.2. The second-order valence-electron chi connectivity index (χ2n) is 24.1. The molecule has 0 N–H and O–H groups in total. The van der Waals surface area contributed by atoms with Crippen LogP contribution in [0.1, 0.15) is 5.56 Å². The molecule has 0 aliphatic rings. The predicted molar refractivity (Wildman–Crippen MR) is 379 cm³/mol. The maximum absolute atomic E-state index is 13.4. The van der Waals surface area contributed by atoms with Crippen molar-refractivity contribution < 1.29 is 8.83 Å². The maximum Gasteiger partial charge on any atom is 0.137 e. The molecule has 0 fully saturated rings. The average molecular weight is 1170 g/mol. The number of fused-ring (bicyclic) bond motifs is 20. The Bertz CT molecular complexity index is 6090. The maximum atomic E-state index is 13.4. The van der Waals surface area contributed by atoms with Crippen LogP contribution in [0.2, 0.25) is 0 Å². The summed E-state index contributed by atoms with van der Waals surface area (Å²) in [7, 11) is 0. The van der Waals surface area contributed by atoms with Gasteiger partial charge in [0.05, 0.1) is 77.7 Å². The largest absolute Gasteiger partial charge is 0.456 e. The number of aromatic nitrogens is 4. The third-order valence-electron chi connectivity index (χ3n) is 19.4. The Morgan fingerprint density at radius 3 is 0.967 bits per heavy atom. The summed E-state index contributed by atoms with van der Waals surface area (Å²) < 4.78 is 23.8. The van der Waals surface area contributed by atoms with Gasteiger partial charge in [-0.15, -0.1) is 0 Å². The lowest BCUT2D eigenvalue weighted by molar-refractivity contribution is 0.669. The van der Waals surface area contributed by atoms with Crippen LogP contribution in [0.5, 0.6) is 0 Å². The molecule has 92 heavy (non-hydrogen) atoms. The van der Waals surface area contributed by atoms with Gasteiger partial charge in [-0.1, -0.05) is 212 Å². The molecule has 0 atom stereocenters. The number of nitriles is 1. The van der Waals surface area contributed by atoms with Crippen molar-refractivity contribution in [2.45, 2.75) is 0 Å². The highest BCUT2D eigenvalue weighted by Gasteiger charge is 2.36. The van der Waals surface area contributed by atoms with Crippen molar-refractivity contribution in [2.24, 2.45) is 0 Å². The monoisotopic (exact) mass is 1170 g/mol. The summed E-state index contributed by atoms with van der Waals surface area (Å²) in [6.07, 6.45) is 0. The van der Waals surface area contributed by atoms with Crippen molar-refractivity contribution in [2.75, 3.05) is 0 Å². The standard InChI is InChI=1S/C85H49N5O2/c86-50-66-82(87-67-34-16-10-28-56(67)57-29-11-17-35-68(57)87)84(89-71-44-40-54(51-22-4-1-5-23-51)48-64(71)60-42-46-75-78(80(60)89)62-32-14-20-38-73(62)91-75)77(53-26-8-3-9-27-53)85(83(66)88-69-36-18-12-30-58(69)59-31-13-19-37-70(59)88)90-72-45-41-55(52-24-6-2-7-25-52)49-65(72)61-43-47-76-79(81(61)90)63-33-15-21-39-74(63)92-76/h1-49H. The fourth-order valence-corrected chi connectivity index (χ4v) is 15.6. The molecule has 0 unspecified atom stereocenters. The summed E-state index contributed by atoms with van der Waals surface area (Å²) in [4.78, 5) is 0. The molecule has 0 aliphatic carbocycles. The van der Waals surface area contributed by atoms with E-state index in [1.54, 1.807) is 0 Å². The van der Waals surface area contributed by atoms with E-state index in [-0.39, 0.29) is 0 Å². The lowest BCUT2D eigenvalue weighted by Crippen LogP contribution is -2.16. The van der Waals surface area contributed by atoms with Crippen LogP contribution < -0.4 is 0 Å². The topological polar surface area (TPSA) is 69.8 Å².